The highest BCUT2D eigenvalue weighted by Crippen LogP contribution is 2.29. The molecule has 2 amide bonds. The molecule has 0 bridgehead atoms. The molecule has 2 aromatic carbocycles. The fourth-order valence-corrected chi connectivity index (χ4v) is 2.57. The van der Waals surface area contributed by atoms with E-state index in [1.54, 1.807) is 25.1 Å². The molecule has 0 aromatic heterocycles. The van der Waals surface area contributed by atoms with Gasteiger partial charge in [-0.25, -0.2) is 0 Å². The number of nitrogens with one attached hydrogen (secondary N) is 2. The summed E-state index contributed by atoms with van der Waals surface area (Å²) in [6, 6.07) is 10.1. The van der Waals surface area contributed by atoms with Crippen LogP contribution in [0.25, 0.3) is 0 Å². The first-order valence-corrected chi connectivity index (χ1v) is 8.39. The zero-order valence-electron chi connectivity index (χ0n) is 15.7. The molecular weight excluding hydrogens is 366 g/mol. The van der Waals surface area contributed by atoms with Gasteiger partial charge in [0.15, 0.2) is 0 Å². The van der Waals surface area contributed by atoms with Crippen LogP contribution in [0.3, 0.4) is 0 Å². The van der Waals surface area contributed by atoms with Crippen molar-refractivity contribution in [1.29, 1.82) is 0 Å². The molecule has 0 aliphatic heterocycles. The Hall–Kier alpha value is -3.62. The average molecular weight is 387 g/mol. The van der Waals surface area contributed by atoms with Gasteiger partial charge in [0.1, 0.15) is 11.5 Å². The third kappa shape index (κ3) is 5.19. The van der Waals surface area contributed by atoms with E-state index in [0.29, 0.717) is 11.5 Å². The van der Waals surface area contributed by atoms with Gasteiger partial charge in [0.05, 0.1) is 31.7 Å². The molecule has 9 nitrogen and oxygen atoms in total. The molecule has 148 valence electrons. The average Bonchev–Trinajstić information content (AvgIpc) is 2.71. The predicted octanol–water partition coefficient (Wildman–Crippen LogP) is 2.22. The van der Waals surface area contributed by atoms with Crippen LogP contribution in [0.15, 0.2) is 42.5 Å². The van der Waals surface area contributed by atoms with E-state index in [1.165, 1.54) is 32.4 Å². The number of rotatable bonds is 8. The van der Waals surface area contributed by atoms with Crippen molar-refractivity contribution in [2.24, 2.45) is 0 Å². The van der Waals surface area contributed by atoms with E-state index in [1.807, 2.05) is 0 Å². The molecule has 28 heavy (non-hydrogen) atoms. The zero-order valence-corrected chi connectivity index (χ0v) is 15.7. The van der Waals surface area contributed by atoms with Crippen molar-refractivity contribution < 1.29 is 24.0 Å². The molecule has 1 atom stereocenters. The van der Waals surface area contributed by atoms with Gasteiger partial charge in [0.25, 0.3) is 11.6 Å². The standard InChI is InChI=1S/C19H21N3O6/c1-12(16-10-15(27-2)7-8-17(16)28-3)21-18(23)11-20-19(24)13-5-4-6-14(9-13)22(25)26/h4-10,12H,11H2,1-3H3,(H,20,24)(H,21,23)/t12-/m1/s1. The van der Waals surface area contributed by atoms with Crippen molar-refractivity contribution in [3.8, 4) is 11.5 Å². The van der Waals surface area contributed by atoms with Crippen molar-refractivity contribution in [1.82, 2.24) is 10.6 Å². The minimum atomic E-state index is -0.591. The van der Waals surface area contributed by atoms with E-state index in [-0.39, 0.29) is 17.8 Å². The molecule has 2 rings (SSSR count). The van der Waals surface area contributed by atoms with Gasteiger partial charge in [-0.1, -0.05) is 6.07 Å². The Kier molecular flexibility index (Phi) is 6.91. The molecule has 0 saturated heterocycles. The summed E-state index contributed by atoms with van der Waals surface area (Å²) in [5.41, 5.74) is 0.626. The van der Waals surface area contributed by atoms with Crippen LogP contribution in [0.5, 0.6) is 11.5 Å². The number of nitrogens with zero attached hydrogens (tertiary/aromatic N) is 1. The second kappa shape index (κ2) is 9.36. The Morgan fingerprint density at radius 3 is 2.54 bits per heavy atom. The van der Waals surface area contributed by atoms with E-state index < -0.39 is 22.8 Å². The number of carbonyl (C=O) groups is 2. The van der Waals surface area contributed by atoms with Gasteiger partial charge in [-0.3, -0.25) is 19.7 Å². The zero-order chi connectivity index (χ0) is 20.7. The van der Waals surface area contributed by atoms with E-state index in [9.17, 15) is 19.7 Å². The van der Waals surface area contributed by atoms with Crippen molar-refractivity contribution >= 4 is 17.5 Å². The fourth-order valence-electron chi connectivity index (χ4n) is 2.57. The van der Waals surface area contributed by atoms with Crippen molar-refractivity contribution in [2.75, 3.05) is 20.8 Å². The maximum absolute atomic E-state index is 12.2. The quantitative estimate of drug-likeness (QED) is 0.529. The number of nitro benzene ring substituents is 1. The highest BCUT2D eigenvalue weighted by Gasteiger charge is 2.17. The van der Waals surface area contributed by atoms with Gasteiger partial charge < -0.3 is 20.1 Å². The molecular formula is C19H21N3O6. The highest BCUT2D eigenvalue weighted by molar-refractivity contribution is 5.97. The largest absolute Gasteiger partial charge is 0.497 e. The maximum atomic E-state index is 12.2. The molecule has 0 heterocycles. The Morgan fingerprint density at radius 1 is 1.14 bits per heavy atom. The first-order chi connectivity index (χ1) is 13.3. The molecule has 0 unspecified atom stereocenters. The van der Waals surface area contributed by atoms with Crippen LogP contribution in [0.2, 0.25) is 0 Å². The summed E-state index contributed by atoms with van der Waals surface area (Å²) < 4.78 is 10.5. The lowest BCUT2D eigenvalue weighted by atomic mass is 10.1. The number of non-ortho nitro benzene ring substituents is 1. The number of nitro groups is 1. The predicted molar refractivity (Wildman–Crippen MR) is 102 cm³/mol. The minimum Gasteiger partial charge on any atom is -0.497 e. The number of ether oxygens (including phenoxy) is 2. The Balaban J connectivity index is 1.98. The molecule has 2 N–H and O–H groups in total. The van der Waals surface area contributed by atoms with Gasteiger partial charge in [0, 0.05) is 23.3 Å². The molecule has 0 saturated carbocycles. The normalized spacial score (nSPS) is 11.2. The monoisotopic (exact) mass is 387 g/mol. The van der Waals surface area contributed by atoms with Crippen LogP contribution in [-0.4, -0.2) is 37.5 Å². The van der Waals surface area contributed by atoms with E-state index in [2.05, 4.69) is 10.6 Å². The molecule has 0 spiro atoms. The lowest BCUT2D eigenvalue weighted by Crippen LogP contribution is -2.38. The van der Waals surface area contributed by atoms with E-state index in [4.69, 9.17) is 9.47 Å². The lowest BCUT2D eigenvalue weighted by molar-refractivity contribution is -0.384. The molecule has 9 heteroatoms. The smallest absolute Gasteiger partial charge is 0.270 e. The van der Waals surface area contributed by atoms with Crippen molar-refractivity contribution in [2.45, 2.75) is 13.0 Å². The van der Waals surface area contributed by atoms with Gasteiger partial charge >= 0.3 is 0 Å². The van der Waals surface area contributed by atoms with Gasteiger partial charge in [-0.2, -0.15) is 0 Å². The number of benzene rings is 2. The van der Waals surface area contributed by atoms with Crippen molar-refractivity contribution in [3.05, 3.63) is 63.7 Å². The highest BCUT2D eigenvalue weighted by atomic mass is 16.6. The van der Waals surface area contributed by atoms with Gasteiger partial charge in [-0.15, -0.1) is 0 Å². The Morgan fingerprint density at radius 2 is 1.89 bits per heavy atom. The summed E-state index contributed by atoms with van der Waals surface area (Å²) in [7, 11) is 3.07. The van der Waals surface area contributed by atoms with Crippen LogP contribution in [0, 0.1) is 10.1 Å². The molecule has 0 aliphatic carbocycles. The summed E-state index contributed by atoms with van der Waals surface area (Å²) in [4.78, 5) is 34.5. The molecule has 0 aliphatic rings. The van der Waals surface area contributed by atoms with Crippen LogP contribution in [0.1, 0.15) is 28.9 Å². The van der Waals surface area contributed by atoms with Crippen LogP contribution >= 0.6 is 0 Å². The first kappa shape index (κ1) is 20.7. The van der Waals surface area contributed by atoms with E-state index >= 15 is 0 Å². The fraction of sp³-hybridized carbons (Fsp3) is 0.263. The van der Waals surface area contributed by atoms with Crippen molar-refractivity contribution in [3.63, 3.8) is 0 Å². The second-order valence-corrected chi connectivity index (χ2v) is 5.89. The summed E-state index contributed by atoms with van der Waals surface area (Å²) in [5.74, 6) is 0.215. The number of hydrogen-bond donors (Lipinski definition) is 2. The Labute approximate surface area is 161 Å². The maximum Gasteiger partial charge on any atom is 0.270 e. The molecule has 2 aromatic rings. The minimum absolute atomic E-state index is 0.101. The number of hydrogen-bond acceptors (Lipinski definition) is 6. The summed E-state index contributed by atoms with van der Waals surface area (Å²) >= 11 is 0. The second-order valence-electron chi connectivity index (χ2n) is 5.89. The van der Waals surface area contributed by atoms with Gasteiger partial charge in [0.2, 0.25) is 5.91 Å². The topological polar surface area (TPSA) is 120 Å². The number of carbonyl (C=O) groups excluding carboxylic acids is 2. The van der Waals surface area contributed by atoms with Crippen LogP contribution in [-0.2, 0) is 4.79 Å². The SMILES string of the molecule is COc1ccc(OC)c([C@@H](C)NC(=O)CNC(=O)c2cccc([N+](=O)[O-])c2)c1. The number of methoxy groups -OCH3 is 2. The lowest BCUT2D eigenvalue weighted by Gasteiger charge is -2.18. The third-order valence-electron chi connectivity index (χ3n) is 4.01. The third-order valence-corrected chi connectivity index (χ3v) is 4.01. The summed E-state index contributed by atoms with van der Waals surface area (Å²) in [6.45, 7) is 1.50. The van der Waals surface area contributed by atoms with Crippen LogP contribution < -0.4 is 20.1 Å². The number of amides is 2. The summed E-state index contributed by atoms with van der Waals surface area (Å²) in [5, 5.41) is 16.0. The summed E-state index contributed by atoms with van der Waals surface area (Å²) in [6.07, 6.45) is 0. The Bertz CT molecular complexity index is 884. The first-order valence-electron chi connectivity index (χ1n) is 8.39. The molecule has 0 fully saturated rings. The van der Waals surface area contributed by atoms with Crippen LogP contribution in [0.4, 0.5) is 5.69 Å². The van der Waals surface area contributed by atoms with E-state index in [0.717, 1.165) is 11.6 Å². The molecule has 0 radical (unpaired) electrons. The van der Waals surface area contributed by atoms with Gasteiger partial charge in [-0.05, 0) is 31.2 Å².